The summed E-state index contributed by atoms with van der Waals surface area (Å²) >= 11 is 0. The van der Waals surface area contributed by atoms with Gasteiger partial charge in [0.15, 0.2) is 0 Å². The number of fused-ring (bicyclic) bond motifs is 1. The summed E-state index contributed by atoms with van der Waals surface area (Å²) in [5.41, 5.74) is 5.59. The van der Waals surface area contributed by atoms with Crippen LogP contribution < -0.4 is 4.90 Å². The van der Waals surface area contributed by atoms with Crippen LogP contribution in [-0.2, 0) is 16.1 Å². The smallest absolute Gasteiger partial charge is 0.227 e. The van der Waals surface area contributed by atoms with Gasteiger partial charge < -0.3 is 14.2 Å². The second kappa shape index (κ2) is 8.44. The molecule has 0 aliphatic carbocycles. The zero-order chi connectivity index (χ0) is 21.4. The molecule has 6 heteroatoms. The quantitative estimate of drug-likeness (QED) is 0.636. The number of hydrogen-bond donors (Lipinski definition) is 0. The van der Waals surface area contributed by atoms with Gasteiger partial charge in [0.2, 0.25) is 5.91 Å². The SMILES string of the molecule is Cc1cccc(N2C[C@@H](c3nc4ccccc4n3CCN3CCOCC3)CC2=O)c1C. The summed E-state index contributed by atoms with van der Waals surface area (Å²) in [7, 11) is 0. The fourth-order valence-electron chi connectivity index (χ4n) is 4.85. The van der Waals surface area contributed by atoms with E-state index in [1.807, 2.05) is 17.0 Å². The summed E-state index contributed by atoms with van der Waals surface area (Å²) in [5.74, 6) is 1.32. The Morgan fingerprint density at radius 2 is 1.84 bits per heavy atom. The molecule has 5 rings (SSSR count). The number of aromatic nitrogens is 2. The summed E-state index contributed by atoms with van der Waals surface area (Å²) in [6.07, 6.45) is 0.508. The van der Waals surface area contributed by atoms with Crippen LogP contribution in [0.25, 0.3) is 11.0 Å². The number of aryl methyl sites for hydroxylation is 1. The number of para-hydroxylation sites is 2. The van der Waals surface area contributed by atoms with Gasteiger partial charge in [-0.25, -0.2) is 4.98 Å². The number of ether oxygens (including phenoxy) is 1. The van der Waals surface area contributed by atoms with Crippen molar-refractivity contribution in [3.63, 3.8) is 0 Å². The molecule has 0 unspecified atom stereocenters. The minimum atomic E-state index is 0.101. The van der Waals surface area contributed by atoms with Gasteiger partial charge in [-0.15, -0.1) is 0 Å². The van der Waals surface area contributed by atoms with Crippen LogP contribution in [0.5, 0.6) is 0 Å². The first-order chi connectivity index (χ1) is 15.1. The molecule has 0 N–H and O–H groups in total. The zero-order valence-corrected chi connectivity index (χ0v) is 18.4. The zero-order valence-electron chi connectivity index (χ0n) is 18.4. The molecule has 3 aromatic rings. The lowest BCUT2D eigenvalue weighted by Gasteiger charge is -2.27. The Hall–Kier alpha value is -2.70. The molecule has 0 spiro atoms. The summed E-state index contributed by atoms with van der Waals surface area (Å²) in [6.45, 7) is 10.3. The number of morpholine rings is 1. The van der Waals surface area contributed by atoms with Crippen LogP contribution >= 0.6 is 0 Å². The molecule has 6 nitrogen and oxygen atoms in total. The second-order valence-electron chi connectivity index (χ2n) is 8.69. The van der Waals surface area contributed by atoms with Gasteiger partial charge in [-0.1, -0.05) is 24.3 Å². The highest BCUT2D eigenvalue weighted by Gasteiger charge is 2.35. The summed E-state index contributed by atoms with van der Waals surface area (Å²) in [4.78, 5) is 22.4. The van der Waals surface area contributed by atoms with E-state index in [1.54, 1.807) is 0 Å². The third kappa shape index (κ3) is 3.86. The number of carbonyl (C=O) groups excluding carboxylic acids is 1. The molecule has 1 aromatic heterocycles. The number of rotatable bonds is 5. The van der Waals surface area contributed by atoms with Gasteiger partial charge in [0, 0.05) is 50.7 Å². The highest BCUT2D eigenvalue weighted by atomic mass is 16.5. The van der Waals surface area contributed by atoms with Gasteiger partial charge in [0.05, 0.1) is 24.2 Å². The molecule has 2 aliphatic rings. The van der Waals surface area contributed by atoms with Crippen molar-refractivity contribution in [3.05, 3.63) is 59.4 Å². The van der Waals surface area contributed by atoms with Gasteiger partial charge >= 0.3 is 0 Å². The molecule has 1 amide bonds. The molecular formula is C25H30N4O2. The van der Waals surface area contributed by atoms with E-state index in [2.05, 4.69) is 53.6 Å². The van der Waals surface area contributed by atoms with Crippen LogP contribution in [0.2, 0.25) is 0 Å². The molecule has 2 aliphatic heterocycles. The van der Waals surface area contributed by atoms with E-state index in [1.165, 1.54) is 11.1 Å². The maximum atomic E-state index is 13.0. The fraction of sp³-hybridized carbons (Fsp3) is 0.440. The van der Waals surface area contributed by atoms with Crippen LogP contribution in [0.4, 0.5) is 5.69 Å². The Kier molecular flexibility index (Phi) is 5.50. The maximum absolute atomic E-state index is 13.0. The number of nitrogens with zero attached hydrogens (tertiary/aromatic N) is 4. The average molecular weight is 419 g/mol. The van der Waals surface area contributed by atoms with Crippen molar-refractivity contribution in [2.75, 3.05) is 44.3 Å². The first-order valence-electron chi connectivity index (χ1n) is 11.2. The molecule has 0 bridgehead atoms. The highest BCUT2D eigenvalue weighted by molar-refractivity contribution is 5.97. The van der Waals surface area contributed by atoms with E-state index < -0.39 is 0 Å². The average Bonchev–Trinajstić information content (AvgIpc) is 3.35. The largest absolute Gasteiger partial charge is 0.379 e. The lowest BCUT2D eigenvalue weighted by Crippen LogP contribution is -2.38. The lowest BCUT2D eigenvalue weighted by atomic mass is 10.1. The van der Waals surface area contributed by atoms with E-state index in [0.717, 1.165) is 61.9 Å². The van der Waals surface area contributed by atoms with Crippen molar-refractivity contribution < 1.29 is 9.53 Å². The van der Waals surface area contributed by atoms with E-state index in [-0.39, 0.29) is 11.8 Å². The normalized spacial score (nSPS) is 20.1. The first-order valence-corrected chi connectivity index (χ1v) is 11.2. The van der Waals surface area contributed by atoms with Gasteiger partial charge in [-0.3, -0.25) is 9.69 Å². The van der Waals surface area contributed by atoms with Crippen molar-refractivity contribution in [1.82, 2.24) is 14.5 Å². The Bertz CT molecular complexity index is 1100. The van der Waals surface area contributed by atoms with Crippen molar-refractivity contribution in [3.8, 4) is 0 Å². The van der Waals surface area contributed by atoms with Crippen LogP contribution in [0, 0.1) is 13.8 Å². The predicted molar refractivity (Wildman–Crippen MR) is 123 cm³/mol. The molecule has 162 valence electrons. The minimum Gasteiger partial charge on any atom is -0.379 e. The van der Waals surface area contributed by atoms with E-state index in [4.69, 9.17) is 9.72 Å². The Morgan fingerprint density at radius 1 is 1.03 bits per heavy atom. The molecule has 31 heavy (non-hydrogen) atoms. The second-order valence-corrected chi connectivity index (χ2v) is 8.69. The summed E-state index contributed by atoms with van der Waals surface area (Å²) < 4.78 is 7.83. The minimum absolute atomic E-state index is 0.101. The standard InChI is InChI=1S/C25H30N4O2/c1-18-6-5-9-22(19(18)2)29-17-20(16-24(29)30)25-26-21-7-3-4-8-23(21)28(25)11-10-27-12-14-31-15-13-27/h3-9,20H,10-17H2,1-2H3/t20-/m0/s1. The number of amides is 1. The Morgan fingerprint density at radius 3 is 2.68 bits per heavy atom. The lowest BCUT2D eigenvalue weighted by molar-refractivity contribution is -0.117. The van der Waals surface area contributed by atoms with Gasteiger partial charge in [0.25, 0.3) is 0 Å². The van der Waals surface area contributed by atoms with Crippen LogP contribution in [0.3, 0.4) is 0 Å². The monoisotopic (exact) mass is 418 g/mol. The van der Waals surface area contributed by atoms with Crippen LogP contribution in [-0.4, -0.2) is 59.8 Å². The number of hydrogen-bond acceptors (Lipinski definition) is 4. The van der Waals surface area contributed by atoms with Crippen LogP contribution in [0.1, 0.15) is 29.3 Å². The van der Waals surface area contributed by atoms with Crippen molar-refractivity contribution in [1.29, 1.82) is 0 Å². The molecular weight excluding hydrogens is 388 g/mol. The first kappa shape index (κ1) is 20.2. The highest BCUT2D eigenvalue weighted by Crippen LogP contribution is 2.35. The van der Waals surface area contributed by atoms with Gasteiger partial charge in [-0.2, -0.15) is 0 Å². The van der Waals surface area contributed by atoms with Gasteiger partial charge in [0.1, 0.15) is 5.82 Å². The molecule has 0 saturated carbocycles. The van der Waals surface area contributed by atoms with Crippen molar-refractivity contribution in [2.24, 2.45) is 0 Å². The molecule has 3 heterocycles. The Balaban J connectivity index is 1.44. The molecule has 2 fully saturated rings. The maximum Gasteiger partial charge on any atom is 0.227 e. The molecule has 2 aromatic carbocycles. The fourth-order valence-corrected chi connectivity index (χ4v) is 4.85. The van der Waals surface area contributed by atoms with E-state index in [0.29, 0.717) is 13.0 Å². The topological polar surface area (TPSA) is 50.6 Å². The molecule has 0 radical (unpaired) electrons. The van der Waals surface area contributed by atoms with E-state index in [9.17, 15) is 4.79 Å². The third-order valence-corrected chi connectivity index (χ3v) is 6.78. The number of benzene rings is 2. The summed E-state index contributed by atoms with van der Waals surface area (Å²) in [6, 6.07) is 14.5. The predicted octanol–water partition coefficient (Wildman–Crippen LogP) is 3.51. The number of carbonyl (C=O) groups is 1. The Labute approximate surface area is 183 Å². The number of imidazole rings is 1. The number of anilines is 1. The summed E-state index contributed by atoms with van der Waals surface area (Å²) in [5, 5.41) is 0. The van der Waals surface area contributed by atoms with Crippen molar-refractivity contribution in [2.45, 2.75) is 32.7 Å². The third-order valence-electron chi connectivity index (χ3n) is 6.78. The van der Waals surface area contributed by atoms with Crippen LogP contribution in [0.15, 0.2) is 42.5 Å². The van der Waals surface area contributed by atoms with E-state index >= 15 is 0 Å². The molecule has 1 atom stereocenters. The molecule has 2 saturated heterocycles. The van der Waals surface area contributed by atoms with Crippen molar-refractivity contribution >= 4 is 22.6 Å². The van der Waals surface area contributed by atoms with Gasteiger partial charge in [-0.05, 0) is 43.2 Å².